The molecule has 7 nitrogen and oxygen atoms in total. The van der Waals surface area contributed by atoms with Crippen molar-refractivity contribution in [2.24, 2.45) is 5.92 Å². The fourth-order valence-electron chi connectivity index (χ4n) is 5.02. The molecule has 1 N–H and O–H groups in total. The fraction of sp³-hybridized carbons (Fsp3) is 0.625. The molecule has 2 aliphatic heterocycles. The molecule has 1 atom stereocenters. The highest BCUT2D eigenvalue weighted by molar-refractivity contribution is 5.99. The van der Waals surface area contributed by atoms with E-state index in [0.717, 1.165) is 37.7 Å². The van der Waals surface area contributed by atoms with Gasteiger partial charge in [-0.2, -0.15) is 0 Å². The zero-order chi connectivity index (χ0) is 21.6. The molecular weight excluding hydrogens is 394 g/mol. The lowest BCUT2D eigenvalue weighted by atomic mass is 9.83. The predicted octanol–water partition coefficient (Wildman–Crippen LogP) is 2.23. The summed E-state index contributed by atoms with van der Waals surface area (Å²) in [6.45, 7) is 3.23. The minimum atomic E-state index is -0.832. The van der Waals surface area contributed by atoms with Crippen molar-refractivity contribution in [3.8, 4) is 0 Å². The Bertz CT molecular complexity index is 885. The number of carbonyl (C=O) groups is 3. The molecule has 1 spiro atoms. The Morgan fingerprint density at radius 1 is 1.06 bits per heavy atom. The summed E-state index contributed by atoms with van der Waals surface area (Å²) in [5.41, 5.74) is 0.652. The van der Waals surface area contributed by atoms with E-state index < -0.39 is 11.8 Å². The third-order valence-corrected chi connectivity index (χ3v) is 7.39. The Morgan fingerprint density at radius 3 is 2.39 bits per heavy atom. The molecule has 4 fully saturated rings. The second-order valence-electron chi connectivity index (χ2n) is 9.50. The lowest BCUT2D eigenvalue weighted by Crippen LogP contribution is -2.60. The smallest absolute Gasteiger partial charge is 0.257 e. The second-order valence-corrected chi connectivity index (χ2v) is 9.50. The number of hydrogen-bond donors (Lipinski definition) is 1. The van der Waals surface area contributed by atoms with Crippen molar-refractivity contribution in [2.45, 2.75) is 69.7 Å². The van der Waals surface area contributed by atoms with Gasteiger partial charge < -0.3 is 15.0 Å². The quantitative estimate of drug-likeness (QED) is 0.803. The molecule has 1 aromatic rings. The molecule has 5 rings (SSSR count). The Hall–Kier alpha value is -2.41. The molecule has 7 heteroatoms. The molecule has 4 aliphatic rings. The first kappa shape index (κ1) is 20.5. The summed E-state index contributed by atoms with van der Waals surface area (Å²) in [4.78, 5) is 43.1. The minimum Gasteiger partial charge on any atom is -0.353 e. The average molecular weight is 426 g/mol. The van der Waals surface area contributed by atoms with E-state index in [1.807, 2.05) is 36.1 Å². The summed E-state index contributed by atoms with van der Waals surface area (Å²) in [6.07, 6.45) is 6.17. The van der Waals surface area contributed by atoms with E-state index in [0.29, 0.717) is 31.5 Å². The monoisotopic (exact) mass is 425 g/mol. The van der Waals surface area contributed by atoms with Crippen molar-refractivity contribution in [3.63, 3.8) is 0 Å². The van der Waals surface area contributed by atoms with Gasteiger partial charge in [0.05, 0.1) is 6.61 Å². The first-order chi connectivity index (χ1) is 15.0. The van der Waals surface area contributed by atoms with Crippen molar-refractivity contribution in [3.05, 3.63) is 35.4 Å². The number of nitrogens with one attached hydrogen (secondary N) is 1. The van der Waals surface area contributed by atoms with E-state index in [1.165, 1.54) is 0 Å². The van der Waals surface area contributed by atoms with E-state index in [-0.39, 0.29) is 36.3 Å². The Morgan fingerprint density at radius 2 is 1.77 bits per heavy atom. The van der Waals surface area contributed by atoms with Gasteiger partial charge in [-0.05, 0) is 44.2 Å². The van der Waals surface area contributed by atoms with Crippen LogP contribution in [-0.2, 0) is 14.3 Å². The van der Waals surface area contributed by atoms with Gasteiger partial charge in [0.1, 0.15) is 11.8 Å². The maximum Gasteiger partial charge on any atom is 0.257 e. The molecule has 2 saturated heterocycles. The Labute approximate surface area is 183 Å². The number of hydrogen-bond acceptors (Lipinski definition) is 4. The van der Waals surface area contributed by atoms with E-state index in [4.69, 9.17) is 4.74 Å². The maximum absolute atomic E-state index is 13.7. The number of carbonyl (C=O) groups excluding carboxylic acids is 3. The highest BCUT2D eigenvalue weighted by Crippen LogP contribution is 2.40. The molecule has 2 aliphatic carbocycles. The highest BCUT2D eigenvalue weighted by atomic mass is 16.5. The highest BCUT2D eigenvalue weighted by Gasteiger charge is 2.55. The van der Waals surface area contributed by atoms with Gasteiger partial charge in [-0.1, -0.05) is 24.6 Å². The molecule has 3 amide bonds. The number of likely N-dealkylation sites (tertiary alicyclic amines) is 1. The predicted molar refractivity (Wildman–Crippen MR) is 114 cm³/mol. The standard InChI is InChI=1S/C24H31N3O4/c1-16-5-2-3-8-19(16)23(30)27-20(21(28)25-18-9-10-18)15-31-24(27)11-13-26(14-12-24)22(29)17-6-4-7-17/h2-3,5,8,17-18,20H,4,6-7,9-15H2,1H3,(H,25,28). The number of ether oxygens (including phenoxy) is 1. The number of aryl methyl sites for hydroxylation is 1. The third-order valence-electron chi connectivity index (χ3n) is 7.39. The van der Waals surface area contributed by atoms with Gasteiger partial charge in [-0.3, -0.25) is 19.3 Å². The van der Waals surface area contributed by atoms with Crippen LogP contribution in [0.25, 0.3) is 0 Å². The molecule has 0 radical (unpaired) electrons. The molecular formula is C24H31N3O4. The number of benzene rings is 1. The number of amides is 3. The summed E-state index contributed by atoms with van der Waals surface area (Å²) in [5.74, 6) is 0.110. The van der Waals surface area contributed by atoms with Gasteiger partial charge in [0.2, 0.25) is 11.8 Å². The van der Waals surface area contributed by atoms with Crippen LogP contribution in [0.5, 0.6) is 0 Å². The zero-order valence-electron chi connectivity index (χ0n) is 18.1. The van der Waals surface area contributed by atoms with Crippen LogP contribution in [0.1, 0.15) is 60.9 Å². The molecule has 1 unspecified atom stereocenters. The molecule has 166 valence electrons. The summed E-state index contributed by atoms with van der Waals surface area (Å²) < 4.78 is 6.25. The van der Waals surface area contributed by atoms with Crippen LogP contribution in [0, 0.1) is 12.8 Å². The minimum absolute atomic E-state index is 0.130. The van der Waals surface area contributed by atoms with E-state index in [1.54, 1.807) is 4.90 Å². The largest absolute Gasteiger partial charge is 0.353 e. The lowest BCUT2D eigenvalue weighted by molar-refractivity contribution is -0.149. The third kappa shape index (κ3) is 3.73. The van der Waals surface area contributed by atoms with E-state index in [2.05, 4.69) is 5.32 Å². The van der Waals surface area contributed by atoms with E-state index in [9.17, 15) is 14.4 Å². The molecule has 2 heterocycles. The second kappa shape index (κ2) is 7.93. The lowest BCUT2D eigenvalue weighted by Gasteiger charge is -2.45. The average Bonchev–Trinajstić information content (AvgIpc) is 3.46. The first-order valence-electron chi connectivity index (χ1n) is 11.6. The normalized spacial score (nSPS) is 25.4. The van der Waals surface area contributed by atoms with Crippen LogP contribution in [0.2, 0.25) is 0 Å². The van der Waals surface area contributed by atoms with Crippen molar-refractivity contribution < 1.29 is 19.1 Å². The van der Waals surface area contributed by atoms with Crippen LogP contribution in [0.3, 0.4) is 0 Å². The molecule has 0 aromatic heterocycles. The van der Waals surface area contributed by atoms with Crippen molar-refractivity contribution in [1.29, 1.82) is 0 Å². The summed E-state index contributed by atoms with van der Waals surface area (Å²) in [6, 6.07) is 7.07. The summed E-state index contributed by atoms with van der Waals surface area (Å²) in [7, 11) is 0. The number of piperidine rings is 1. The maximum atomic E-state index is 13.7. The molecule has 31 heavy (non-hydrogen) atoms. The topological polar surface area (TPSA) is 79.0 Å². The zero-order valence-corrected chi connectivity index (χ0v) is 18.1. The van der Waals surface area contributed by atoms with Crippen molar-refractivity contribution in [1.82, 2.24) is 15.1 Å². The van der Waals surface area contributed by atoms with Crippen LogP contribution >= 0.6 is 0 Å². The number of rotatable bonds is 4. The molecule has 0 bridgehead atoms. The van der Waals surface area contributed by atoms with Gasteiger partial charge in [-0.15, -0.1) is 0 Å². The van der Waals surface area contributed by atoms with Gasteiger partial charge in [0.15, 0.2) is 0 Å². The van der Waals surface area contributed by atoms with Crippen LogP contribution < -0.4 is 5.32 Å². The Balaban J connectivity index is 1.39. The summed E-state index contributed by atoms with van der Waals surface area (Å²) in [5, 5.41) is 3.05. The number of nitrogens with zero attached hydrogens (tertiary/aromatic N) is 2. The van der Waals surface area contributed by atoms with Crippen molar-refractivity contribution >= 4 is 17.7 Å². The van der Waals surface area contributed by atoms with Gasteiger partial charge in [0.25, 0.3) is 5.91 Å². The Kier molecular flexibility index (Phi) is 5.24. The fourth-order valence-corrected chi connectivity index (χ4v) is 5.02. The van der Waals surface area contributed by atoms with Crippen molar-refractivity contribution in [2.75, 3.05) is 19.7 Å². The first-order valence-corrected chi connectivity index (χ1v) is 11.6. The SMILES string of the molecule is Cc1ccccc1C(=O)N1C(C(=O)NC2CC2)COC12CCN(C(=O)C1CCC1)CC2. The molecule has 2 saturated carbocycles. The van der Waals surface area contributed by atoms with Crippen LogP contribution in [0.15, 0.2) is 24.3 Å². The molecule has 1 aromatic carbocycles. The van der Waals surface area contributed by atoms with Crippen LogP contribution in [0.4, 0.5) is 0 Å². The van der Waals surface area contributed by atoms with Gasteiger partial charge in [0, 0.05) is 43.5 Å². The summed E-state index contributed by atoms with van der Waals surface area (Å²) >= 11 is 0. The van der Waals surface area contributed by atoms with Crippen LogP contribution in [-0.4, -0.2) is 65.0 Å². The van der Waals surface area contributed by atoms with E-state index >= 15 is 0 Å². The van der Waals surface area contributed by atoms with Gasteiger partial charge in [-0.25, -0.2) is 0 Å². The van der Waals surface area contributed by atoms with Gasteiger partial charge >= 0.3 is 0 Å².